The molecule has 7 heteroatoms. The first-order valence-corrected chi connectivity index (χ1v) is 8.73. The molecule has 0 unspecified atom stereocenters. The van der Waals surface area contributed by atoms with Gasteiger partial charge < -0.3 is 14.5 Å². The van der Waals surface area contributed by atoms with E-state index in [1.165, 1.54) is 0 Å². The van der Waals surface area contributed by atoms with Crippen molar-refractivity contribution in [2.24, 2.45) is 0 Å². The van der Waals surface area contributed by atoms with Gasteiger partial charge in [-0.3, -0.25) is 4.57 Å². The monoisotopic (exact) mass is 371 g/mol. The number of carbonyl (C=O) groups is 1. The number of imidazole rings is 1. The molecule has 1 aliphatic rings. The molecule has 26 heavy (non-hydrogen) atoms. The van der Waals surface area contributed by atoms with Crippen LogP contribution in [0, 0.1) is 0 Å². The first kappa shape index (κ1) is 16.7. The van der Waals surface area contributed by atoms with Crippen molar-refractivity contribution in [3.05, 3.63) is 58.6 Å². The van der Waals surface area contributed by atoms with Crippen LogP contribution in [0.1, 0.15) is 32.6 Å². The van der Waals surface area contributed by atoms with Crippen molar-refractivity contribution in [3.63, 3.8) is 0 Å². The second-order valence-electron chi connectivity index (χ2n) is 6.47. The molecule has 0 fully saturated rings. The van der Waals surface area contributed by atoms with Crippen LogP contribution in [0.2, 0.25) is 5.02 Å². The minimum Gasteiger partial charge on any atom is -0.467 e. The van der Waals surface area contributed by atoms with E-state index in [-0.39, 0.29) is 12.1 Å². The SMILES string of the molecule is CC1=C(C(=O)OC(C)C)[C@@H](c2ccco2)n2c(nc3cc(Cl)ccc32)N1. The Balaban J connectivity index is 1.94. The highest BCUT2D eigenvalue weighted by Gasteiger charge is 2.36. The van der Waals surface area contributed by atoms with E-state index >= 15 is 0 Å². The molecule has 3 heterocycles. The molecule has 1 N–H and O–H groups in total. The van der Waals surface area contributed by atoms with Crippen LogP contribution in [-0.4, -0.2) is 21.6 Å². The first-order chi connectivity index (χ1) is 12.5. The van der Waals surface area contributed by atoms with E-state index in [9.17, 15) is 4.79 Å². The van der Waals surface area contributed by atoms with Crippen molar-refractivity contribution in [1.29, 1.82) is 0 Å². The molecule has 0 radical (unpaired) electrons. The second-order valence-corrected chi connectivity index (χ2v) is 6.91. The minimum absolute atomic E-state index is 0.222. The Morgan fingerprint density at radius 3 is 2.88 bits per heavy atom. The van der Waals surface area contributed by atoms with Crippen LogP contribution in [-0.2, 0) is 9.53 Å². The van der Waals surface area contributed by atoms with Gasteiger partial charge in [0, 0.05) is 10.7 Å². The van der Waals surface area contributed by atoms with E-state index in [1.807, 2.05) is 37.5 Å². The molecule has 0 saturated heterocycles. The Kier molecular flexibility index (Phi) is 4.00. The van der Waals surface area contributed by atoms with Gasteiger partial charge in [0.2, 0.25) is 5.95 Å². The topological polar surface area (TPSA) is 69.3 Å². The van der Waals surface area contributed by atoms with Gasteiger partial charge in [-0.1, -0.05) is 11.6 Å². The lowest BCUT2D eigenvalue weighted by Gasteiger charge is -2.29. The van der Waals surface area contributed by atoms with Crippen LogP contribution >= 0.6 is 11.6 Å². The lowest BCUT2D eigenvalue weighted by Crippen LogP contribution is -2.29. The summed E-state index contributed by atoms with van der Waals surface area (Å²) in [6.45, 7) is 5.49. The van der Waals surface area contributed by atoms with E-state index < -0.39 is 6.04 Å². The van der Waals surface area contributed by atoms with Gasteiger partial charge in [-0.15, -0.1) is 0 Å². The quantitative estimate of drug-likeness (QED) is 0.685. The number of furan rings is 1. The number of nitrogens with one attached hydrogen (secondary N) is 1. The summed E-state index contributed by atoms with van der Waals surface area (Å²) in [5, 5.41) is 3.81. The number of rotatable bonds is 3. The number of hydrogen-bond acceptors (Lipinski definition) is 5. The molecule has 4 rings (SSSR count). The number of carbonyl (C=O) groups excluding carboxylic acids is 1. The number of esters is 1. The van der Waals surface area contributed by atoms with E-state index in [1.54, 1.807) is 24.5 Å². The average Bonchev–Trinajstić information content (AvgIpc) is 3.19. The lowest BCUT2D eigenvalue weighted by molar-refractivity contribution is -0.143. The molecular formula is C19H18ClN3O3. The second kappa shape index (κ2) is 6.21. The van der Waals surface area contributed by atoms with Crippen LogP contribution in [0.5, 0.6) is 0 Å². The number of ether oxygens (including phenoxy) is 1. The van der Waals surface area contributed by atoms with Gasteiger partial charge in [-0.05, 0) is 51.1 Å². The zero-order chi connectivity index (χ0) is 18.4. The Morgan fingerprint density at radius 2 is 2.19 bits per heavy atom. The standard InChI is InChI=1S/C19H18ClN3O3/c1-10(2)26-18(24)16-11(3)21-19-22-13-9-12(20)6-7-14(13)23(19)17(16)15-5-4-8-25-15/h4-10,17H,1-3H3,(H,21,22)/t17-/m1/s1. The molecule has 2 aromatic heterocycles. The largest absolute Gasteiger partial charge is 0.467 e. The zero-order valence-electron chi connectivity index (χ0n) is 14.6. The molecule has 0 amide bonds. The Bertz CT molecular complexity index is 1020. The summed E-state index contributed by atoms with van der Waals surface area (Å²) in [6.07, 6.45) is 1.37. The third-order valence-electron chi connectivity index (χ3n) is 4.26. The van der Waals surface area contributed by atoms with Gasteiger partial charge in [0.1, 0.15) is 11.8 Å². The summed E-state index contributed by atoms with van der Waals surface area (Å²) in [4.78, 5) is 17.4. The maximum Gasteiger partial charge on any atom is 0.338 e. The highest BCUT2D eigenvalue weighted by Crippen LogP contribution is 2.40. The molecule has 6 nitrogen and oxygen atoms in total. The fourth-order valence-electron chi connectivity index (χ4n) is 3.25. The highest BCUT2D eigenvalue weighted by atomic mass is 35.5. The minimum atomic E-state index is -0.473. The van der Waals surface area contributed by atoms with Gasteiger partial charge in [-0.2, -0.15) is 0 Å². The van der Waals surface area contributed by atoms with Crippen molar-refractivity contribution in [1.82, 2.24) is 9.55 Å². The highest BCUT2D eigenvalue weighted by molar-refractivity contribution is 6.31. The molecule has 3 aromatic rings. The van der Waals surface area contributed by atoms with Gasteiger partial charge in [0.25, 0.3) is 0 Å². The summed E-state index contributed by atoms with van der Waals surface area (Å²) >= 11 is 6.11. The van der Waals surface area contributed by atoms with Crippen LogP contribution in [0.4, 0.5) is 5.95 Å². The van der Waals surface area contributed by atoms with Crippen LogP contribution < -0.4 is 5.32 Å². The number of fused-ring (bicyclic) bond motifs is 3. The Labute approximate surface area is 155 Å². The fraction of sp³-hybridized carbons (Fsp3) is 0.263. The molecular weight excluding hydrogens is 354 g/mol. The van der Waals surface area contributed by atoms with Crippen molar-refractivity contribution >= 4 is 34.6 Å². The van der Waals surface area contributed by atoms with E-state index in [0.717, 1.165) is 11.0 Å². The number of benzene rings is 1. The van der Waals surface area contributed by atoms with Crippen molar-refractivity contribution in [2.75, 3.05) is 5.32 Å². The number of anilines is 1. The number of hydrogen-bond donors (Lipinski definition) is 1. The Hall–Kier alpha value is -2.73. The molecule has 1 aliphatic heterocycles. The normalized spacial score (nSPS) is 16.7. The maximum atomic E-state index is 12.8. The summed E-state index contributed by atoms with van der Waals surface area (Å²) in [7, 11) is 0. The third kappa shape index (κ3) is 2.66. The fourth-order valence-corrected chi connectivity index (χ4v) is 3.42. The van der Waals surface area contributed by atoms with E-state index in [0.29, 0.717) is 28.0 Å². The van der Waals surface area contributed by atoms with Crippen LogP contribution in [0.15, 0.2) is 52.3 Å². The molecule has 0 spiro atoms. The van der Waals surface area contributed by atoms with Crippen molar-refractivity contribution in [2.45, 2.75) is 32.9 Å². The number of halogens is 1. The third-order valence-corrected chi connectivity index (χ3v) is 4.50. The maximum absolute atomic E-state index is 12.8. The summed E-state index contributed by atoms with van der Waals surface area (Å²) in [5.41, 5.74) is 2.77. The molecule has 0 aliphatic carbocycles. The smallest absolute Gasteiger partial charge is 0.338 e. The average molecular weight is 372 g/mol. The van der Waals surface area contributed by atoms with E-state index in [2.05, 4.69) is 10.3 Å². The van der Waals surface area contributed by atoms with Gasteiger partial charge in [0.15, 0.2) is 0 Å². The van der Waals surface area contributed by atoms with E-state index in [4.69, 9.17) is 20.8 Å². The van der Waals surface area contributed by atoms with Crippen LogP contribution in [0.3, 0.4) is 0 Å². The summed E-state index contributed by atoms with van der Waals surface area (Å²) < 4.78 is 13.1. The predicted molar refractivity (Wildman–Crippen MR) is 99.1 cm³/mol. The number of allylic oxidation sites excluding steroid dienone is 1. The molecule has 1 atom stereocenters. The predicted octanol–water partition coefficient (Wildman–Crippen LogP) is 4.52. The van der Waals surface area contributed by atoms with Gasteiger partial charge in [-0.25, -0.2) is 9.78 Å². The van der Waals surface area contributed by atoms with Crippen molar-refractivity contribution < 1.29 is 13.9 Å². The first-order valence-electron chi connectivity index (χ1n) is 8.35. The number of aromatic nitrogens is 2. The van der Waals surface area contributed by atoms with Crippen molar-refractivity contribution in [3.8, 4) is 0 Å². The zero-order valence-corrected chi connectivity index (χ0v) is 15.4. The van der Waals surface area contributed by atoms with Crippen LogP contribution in [0.25, 0.3) is 11.0 Å². The number of nitrogens with zero attached hydrogens (tertiary/aromatic N) is 2. The Morgan fingerprint density at radius 1 is 1.38 bits per heavy atom. The molecule has 0 bridgehead atoms. The lowest BCUT2D eigenvalue weighted by atomic mass is 10.00. The molecule has 0 saturated carbocycles. The summed E-state index contributed by atoms with van der Waals surface area (Å²) in [6, 6.07) is 8.65. The van der Waals surface area contributed by atoms with Gasteiger partial charge in [0.05, 0.1) is 29.0 Å². The molecule has 134 valence electrons. The van der Waals surface area contributed by atoms with Gasteiger partial charge >= 0.3 is 5.97 Å². The molecule has 1 aromatic carbocycles. The summed E-state index contributed by atoms with van der Waals surface area (Å²) in [5.74, 6) is 0.882.